The smallest absolute Gasteiger partial charge is 0.311 e. The van der Waals surface area contributed by atoms with Gasteiger partial charge in [-0.05, 0) is 25.5 Å². The summed E-state index contributed by atoms with van der Waals surface area (Å²) in [7, 11) is 0. The van der Waals surface area contributed by atoms with Crippen LogP contribution < -0.4 is 5.32 Å². The molecule has 0 spiro atoms. The molecule has 3 rings (SSSR count). The molecule has 3 aromatic rings. The van der Waals surface area contributed by atoms with Gasteiger partial charge < -0.3 is 5.32 Å². The van der Waals surface area contributed by atoms with E-state index in [-0.39, 0.29) is 17.5 Å². The Morgan fingerprint density at radius 1 is 1.25 bits per heavy atom. The summed E-state index contributed by atoms with van der Waals surface area (Å²) < 4.78 is 0. The van der Waals surface area contributed by atoms with E-state index in [0.29, 0.717) is 0 Å². The number of rotatable bonds is 5. The summed E-state index contributed by atoms with van der Waals surface area (Å²) in [4.78, 5) is 19.2. The second kappa shape index (κ2) is 6.76. The van der Waals surface area contributed by atoms with E-state index in [2.05, 4.69) is 15.3 Å². The number of aromatic nitrogens is 2. The first-order valence-corrected chi connectivity index (χ1v) is 8.31. The Hall–Kier alpha value is -2.80. The minimum absolute atomic E-state index is 0.0288. The molecule has 2 heterocycles. The maximum atomic E-state index is 11.1. The van der Waals surface area contributed by atoms with Crippen LogP contribution in [0.25, 0.3) is 11.3 Å². The van der Waals surface area contributed by atoms with Gasteiger partial charge in [-0.3, -0.25) is 10.1 Å². The van der Waals surface area contributed by atoms with Crippen molar-refractivity contribution in [1.29, 1.82) is 0 Å². The molecular weight excluding hydrogens is 324 g/mol. The highest BCUT2D eigenvalue weighted by Gasteiger charge is 2.16. The SMILES string of the molecule is Cc1nc(-c2ccc([C@H](C)Nc3ncccc3[N+](=O)[O-])cc2)cs1. The summed E-state index contributed by atoms with van der Waals surface area (Å²) in [6.45, 7) is 3.93. The van der Waals surface area contributed by atoms with Gasteiger partial charge in [-0.25, -0.2) is 9.97 Å². The van der Waals surface area contributed by atoms with Crippen LogP contribution in [0.1, 0.15) is 23.5 Å². The first-order chi connectivity index (χ1) is 11.5. The highest BCUT2D eigenvalue weighted by atomic mass is 32.1. The quantitative estimate of drug-likeness (QED) is 0.542. The van der Waals surface area contributed by atoms with Crippen molar-refractivity contribution in [2.24, 2.45) is 0 Å². The van der Waals surface area contributed by atoms with Crippen molar-refractivity contribution in [3.63, 3.8) is 0 Å². The second-order valence-electron chi connectivity index (χ2n) is 5.37. The molecule has 0 saturated carbocycles. The van der Waals surface area contributed by atoms with Gasteiger partial charge in [0, 0.05) is 23.2 Å². The fraction of sp³-hybridized carbons (Fsp3) is 0.176. The van der Waals surface area contributed by atoms with Crippen LogP contribution in [-0.4, -0.2) is 14.9 Å². The lowest BCUT2D eigenvalue weighted by Crippen LogP contribution is -2.09. The molecule has 0 saturated heterocycles. The van der Waals surface area contributed by atoms with E-state index >= 15 is 0 Å². The third-order valence-electron chi connectivity index (χ3n) is 3.66. The molecule has 0 fully saturated rings. The summed E-state index contributed by atoms with van der Waals surface area (Å²) in [5.74, 6) is 0.272. The molecule has 1 atom stereocenters. The van der Waals surface area contributed by atoms with Crippen LogP contribution in [0.3, 0.4) is 0 Å². The van der Waals surface area contributed by atoms with Crippen LogP contribution in [0.15, 0.2) is 48.0 Å². The van der Waals surface area contributed by atoms with Crippen LogP contribution in [0.2, 0.25) is 0 Å². The number of hydrogen-bond donors (Lipinski definition) is 1. The molecule has 2 aromatic heterocycles. The zero-order chi connectivity index (χ0) is 17.1. The van der Waals surface area contributed by atoms with Gasteiger partial charge in [0.1, 0.15) is 0 Å². The molecule has 6 nitrogen and oxygen atoms in total. The predicted molar refractivity (Wildman–Crippen MR) is 95.2 cm³/mol. The minimum atomic E-state index is -0.435. The summed E-state index contributed by atoms with van der Waals surface area (Å²) in [5, 5.41) is 17.2. The number of nitro groups is 1. The van der Waals surface area contributed by atoms with Crippen molar-refractivity contribution < 1.29 is 4.92 Å². The van der Waals surface area contributed by atoms with Crippen LogP contribution >= 0.6 is 11.3 Å². The van der Waals surface area contributed by atoms with E-state index in [9.17, 15) is 10.1 Å². The predicted octanol–water partition coefficient (Wildman–Crippen LogP) is 4.59. The van der Waals surface area contributed by atoms with E-state index in [0.717, 1.165) is 21.8 Å². The lowest BCUT2D eigenvalue weighted by atomic mass is 10.0. The van der Waals surface area contributed by atoms with Gasteiger partial charge in [0.05, 0.1) is 21.7 Å². The zero-order valence-electron chi connectivity index (χ0n) is 13.3. The number of pyridine rings is 1. The van der Waals surface area contributed by atoms with Crippen LogP contribution in [0.5, 0.6) is 0 Å². The van der Waals surface area contributed by atoms with E-state index < -0.39 is 4.92 Å². The van der Waals surface area contributed by atoms with Gasteiger partial charge in [-0.15, -0.1) is 11.3 Å². The third kappa shape index (κ3) is 3.41. The molecule has 0 aliphatic rings. The normalized spacial score (nSPS) is 11.9. The van der Waals surface area contributed by atoms with Gasteiger partial charge in [-0.2, -0.15) is 0 Å². The highest BCUT2D eigenvalue weighted by molar-refractivity contribution is 7.09. The Bertz CT molecular complexity index is 861. The van der Waals surface area contributed by atoms with E-state index in [1.54, 1.807) is 17.4 Å². The van der Waals surface area contributed by atoms with Gasteiger partial charge >= 0.3 is 5.69 Å². The molecule has 0 unspecified atom stereocenters. The van der Waals surface area contributed by atoms with E-state index in [1.807, 2.05) is 43.5 Å². The first-order valence-electron chi connectivity index (χ1n) is 7.43. The standard InChI is InChI=1S/C17H16N4O2S/c1-11(19-17-16(21(22)23)4-3-9-18-17)13-5-7-14(8-6-13)15-10-24-12(2)20-15/h3-11H,1-2H3,(H,18,19)/t11-/m0/s1. The first kappa shape index (κ1) is 16.1. The number of hydrogen-bond acceptors (Lipinski definition) is 6. The Labute approximate surface area is 143 Å². The average molecular weight is 340 g/mol. The van der Waals surface area contributed by atoms with E-state index in [1.165, 1.54) is 12.3 Å². The highest BCUT2D eigenvalue weighted by Crippen LogP contribution is 2.27. The molecule has 0 amide bonds. The second-order valence-corrected chi connectivity index (χ2v) is 6.43. The molecule has 7 heteroatoms. The van der Waals surface area contributed by atoms with Crippen LogP contribution in [-0.2, 0) is 0 Å². The Balaban J connectivity index is 1.78. The summed E-state index contributed by atoms with van der Waals surface area (Å²) in [6, 6.07) is 10.9. The molecule has 1 aromatic carbocycles. The molecule has 24 heavy (non-hydrogen) atoms. The number of thiazole rings is 1. The number of nitrogens with zero attached hydrogens (tertiary/aromatic N) is 3. The zero-order valence-corrected chi connectivity index (χ0v) is 14.1. The third-order valence-corrected chi connectivity index (χ3v) is 4.44. The topological polar surface area (TPSA) is 81.0 Å². The van der Waals surface area contributed by atoms with Gasteiger partial charge in [0.25, 0.3) is 0 Å². The van der Waals surface area contributed by atoms with Gasteiger partial charge in [0.2, 0.25) is 5.82 Å². The molecule has 0 radical (unpaired) electrons. The maximum Gasteiger partial charge on any atom is 0.311 e. The molecule has 1 N–H and O–H groups in total. The van der Waals surface area contributed by atoms with Crippen molar-refractivity contribution in [3.8, 4) is 11.3 Å². The van der Waals surface area contributed by atoms with Crippen LogP contribution in [0, 0.1) is 17.0 Å². The summed E-state index contributed by atoms with van der Waals surface area (Å²) in [5.41, 5.74) is 3.01. The van der Waals surface area contributed by atoms with Crippen molar-refractivity contribution in [3.05, 3.63) is 68.7 Å². The largest absolute Gasteiger partial charge is 0.358 e. The Morgan fingerprint density at radius 2 is 2.00 bits per heavy atom. The fourth-order valence-electron chi connectivity index (χ4n) is 2.38. The van der Waals surface area contributed by atoms with Crippen molar-refractivity contribution in [2.75, 3.05) is 5.32 Å². The summed E-state index contributed by atoms with van der Waals surface area (Å²) >= 11 is 1.62. The maximum absolute atomic E-state index is 11.1. The van der Waals surface area contributed by atoms with Crippen molar-refractivity contribution in [1.82, 2.24) is 9.97 Å². The molecule has 0 aliphatic carbocycles. The minimum Gasteiger partial charge on any atom is -0.358 e. The Morgan fingerprint density at radius 3 is 2.62 bits per heavy atom. The molecular formula is C17H16N4O2S. The number of benzene rings is 1. The average Bonchev–Trinajstić information content (AvgIpc) is 3.02. The lowest BCUT2D eigenvalue weighted by Gasteiger charge is -2.15. The lowest BCUT2D eigenvalue weighted by molar-refractivity contribution is -0.384. The van der Waals surface area contributed by atoms with Crippen molar-refractivity contribution >= 4 is 22.8 Å². The number of nitrogens with one attached hydrogen (secondary N) is 1. The number of anilines is 1. The molecule has 122 valence electrons. The van der Waals surface area contributed by atoms with Crippen molar-refractivity contribution in [2.45, 2.75) is 19.9 Å². The van der Waals surface area contributed by atoms with Crippen LogP contribution in [0.4, 0.5) is 11.5 Å². The Kier molecular flexibility index (Phi) is 4.52. The molecule has 0 aliphatic heterocycles. The van der Waals surface area contributed by atoms with Gasteiger partial charge in [0.15, 0.2) is 0 Å². The fourth-order valence-corrected chi connectivity index (χ4v) is 3.00. The van der Waals surface area contributed by atoms with Gasteiger partial charge in [-0.1, -0.05) is 24.3 Å². The summed E-state index contributed by atoms with van der Waals surface area (Å²) in [6.07, 6.45) is 1.54. The monoisotopic (exact) mass is 340 g/mol. The van der Waals surface area contributed by atoms with E-state index in [4.69, 9.17) is 0 Å². The number of aryl methyl sites for hydroxylation is 1. The molecule has 0 bridgehead atoms.